The monoisotopic (exact) mass is 313 g/mol. The summed E-state index contributed by atoms with van der Waals surface area (Å²) in [6.07, 6.45) is 2.50. The maximum atomic E-state index is 12.6. The van der Waals surface area contributed by atoms with Gasteiger partial charge in [-0.1, -0.05) is 24.3 Å². The molecular weight excluding hydrogens is 290 g/mol. The van der Waals surface area contributed by atoms with Crippen LogP contribution in [-0.4, -0.2) is 36.5 Å². The number of carbonyl (C=O) groups excluding carboxylic acids is 2. The number of hydrogen-bond acceptors (Lipinski definition) is 3. The van der Waals surface area contributed by atoms with Crippen molar-refractivity contribution in [3.63, 3.8) is 0 Å². The third kappa shape index (κ3) is 2.90. The Morgan fingerprint density at radius 3 is 2.61 bits per heavy atom. The fourth-order valence-electron chi connectivity index (χ4n) is 3.69. The first-order chi connectivity index (χ1) is 11.1. The molecule has 1 unspecified atom stereocenters. The number of amides is 1. The zero-order chi connectivity index (χ0) is 16.4. The van der Waals surface area contributed by atoms with Crippen LogP contribution in [0.2, 0.25) is 0 Å². The summed E-state index contributed by atoms with van der Waals surface area (Å²) in [7, 11) is 0. The van der Waals surface area contributed by atoms with E-state index in [4.69, 9.17) is 4.74 Å². The number of esters is 1. The third-order valence-electron chi connectivity index (χ3n) is 4.83. The average molecular weight is 313 g/mol. The lowest BCUT2D eigenvalue weighted by molar-refractivity contribution is -0.138. The van der Waals surface area contributed by atoms with Gasteiger partial charge in [0.15, 0.2) is 0 Å². The van der Waals surface area contributed by atoms with Gasteiger partial charge >= 0.3 is 5.97 Å². The van der Waals surface area contributed by atoms with E-state index in [-0.39, 0.29) is 17.8 Å². The van der Waals surface area contributed by atoms with E-state index in [9.17, 15) is 9.59 Å². The maximum absolute atomic E-state index is 12.6. The first-order valence-electron chi connectivity index (χ1n) is 8.38. The zero-order valence-electron chi connectivity index (χ0n) is 13.8. The molecule has 4 heteroatoms. The van der Waals surface area contributed by atoms with Crippen LogP contribution in [0, 0.1) is 0 Å². The molecule has 1 fully saturated rings. The summed E-state index contributed by atoms with van der Waals surface area (Å²) >= 11 is 0. The zero-order valence-corrected chi connectivity index (χ0v) is 13.8. The lowest BCUT2D eigenvalue weighted by Crippen LogP contribution is -2.29. The minimum absolute atomic E-state index is 0.138. The van der Waals surface area contributed by atoms with E-state index in [1.807, 2.05) is 36.1 Å². The summed E-state index contributed by atoms with van der Waals surface area (Å²) in [4.78, 5) is 26.9. The van der Waals surface area contributed by atoms with E-state index in [2.05, 4.69) is 0 Å². The maximum Gasteiger partial charge on any atom is 0.334 e. The first-order valence-corrected chi connectivity index (χ1v) is 8.38. The predicted molar refractivity (Wildman–Crippen MR) is 88.8 cm³/mol. The number of rotatable bonds is 4. The van der Waals surface area contributed by atoms with Crippen LogP contribution >= 0.6 is 0 Å². The highest BCUT2D eigenvalue weighted by molar-refractivity contribution is 6.03. The third-order valence-corrected chi connectivity index (χ3v) is 4.83. The molecule has 1 atom stereocenters. The van der Waals surface area contributed by atoms with Gasteiger partial charge in [-0.3, -0.25) is 4.79 Å². The van der Waals surface area contributed by atoms with Crippen LogP contribution < -0.4 is 0 Å². The molecule has 3 rings (SSSR count). The second-order valence-electron chi connectivity index (χ2n) is 6.19. The van der Waals surface area contributed by atoms with Crippen molar-refractivity contribution in [2.45, 2.75) is 39.0 Å². The van der Waals surface area contributed by atoms with E-state index in [1.165, 1.54) is 0 Å². The smallest absolute Gasteiger partial charge is 0.334 e. The van der Waals surface area contributed by atoms with Gasteiger partial charge in [0.1, 0.15) is 0 Å². The molecule has 0 spiro atoms. The Hall–Kier alpha value is -2.10. The van der Waals surface area contributed by atoms with Crippen LogP contribution in [0.1, 0.15) is 50.2 Å². The standard InChI is InChI=1S/C19H23NO3/c1-3-23-19(22)18-13(2)14-8-4-5-9-15(14)16(18)12-17(21)20-10-6-7-11-20/h4-5,8-9,16H,3,6-7,10-12H2,1-2H3. The number of allylic oxidation sites excluding steroid dienone is 1. The fourth-order valence-corrected chi connectivity index (χ4v) is 3.69. The highest BCUT2D eigenvalue weighted by atomic mass is 16.5. The molecule has 4 nitrogen and oxygen atoms in total. The van der Waals surface area contributed by atoms with E-state index < -0.39 is 0 Å². The number of benzene rings is 1. The highest BCUT2D eigenvalue weighted by Gasteiger charge is 2.36. The highest BCUT2D eigenvalue weighted by Crippen LogP contribution is 2.44. The van der Waals surface area contributed by atoms with Gasteiger partial charge in [0.05, 0.1) is 6.61 Å². The van der Waals surface area contributed by atoms with Crippen molar-refractivity contribution < 1.29 is 14.3 Å². The molecule has 0 aromatic heterocycles. The van der Waals surface area contributed by atoms with Crippen LogP contribution in [-0.2, 0) is 14.3 Å². The number of hydrogen-bond donors (Lipinski definition) is 0. The summed E-state index contributed by atoms with van der Waals surface area (Å²) in [5.74, 6) is -0.336. The van der Waals surface area contributed by atoms with Crippen LogP contribution in [0.4, 0.5) is 0 Å². The minimum atomic E-state index is -0.291. The average Bonchev–Trinajstić information content (AvgIpc) is 3.16. The molecule has 1 aromatic carbocycles. The molecule has 0 N–H and O–H groups in total. The van der Waals surface area contributed by atoms with Gasteiger partial charge in [-0.05, 0) is 43.4 Å². The Labute approximate surface area is 137 Å². The van der Waals surface area contributed by atoms with Crippen molar-refractivity contribution >= 4 is 17.4 Å². The molecule has 1 aromatic rings. The van der Waals surface area contributed by atoms with Gasteiger partial charge in [0.2, 0.25) is 5.91 Å². The Morgan fingerprint density at radius 1 is 1.22 bits per heavy atom. The number of fused-ring (bicyclic) bond motifs is 1. The minimum Gasteiger partial charge on any atom is -0.463 e. The summed E-state index contributed by atoms with van der Waals surface area (Å²) in [6.45, 7) is 5.78. The second-order valence-corrected chi connectivity index (χ2v) is 6.19. The number of ether oxygens (including phenoxy) is 1. The largest absolute Gasteiger partial charge is 0.463 e. The van der Waals surface area contributed by atoms with Crippen molar-refractivity contribution in [3.8, 4) is 0 Å². The van der Waals surface area contributed by atoms with Gasteiger partial charge < -0.3 is 9.64 Å². The molecule has 122 valence electrons. The van der Waals surface area contributed by atoms with Crippen molar-refractivity contribution in [3.05, 3.63) is 41.0 Å². The molecule has 0 bridgehead atoms. The molecule has 0 saturated carbocycles. The Morgan fingerprint density at radius 2 is 1.91 bits per heavy atom. The second kappa shape index (κ2) is 6.57. The SMILES string of the molecule is CCOC(=O)C1=C(C)c2ccccc2C1CC(=O)N1CCCC1. The lowest BCUT2D eigenvalue weighted by Gasteiger charge is -2.20. The fraction of sp³-hybridized carbons (Fsp3) is 0.474. The van der Waals surface area contributed by atoms with Crippen molar-refractivity contribution in [2.75, 3.05) is 19.7 Å². The molecule has 1 heterocycles. The topological polar surface area (TPSA) is 46.6 Å². The Balaban J connectivity index is 1.91. The molecule has 0 radical (unpaired) electrons. The molecular formula is C19H23NO3. The van der Waals surface area contributed by atoms with Gasteiger partial charge in [0.25, 0.3) is 0 Å². The normalized spacial score (nSPS) is 19.9. The molecule has 2 aliphatic rings. The van der Waals surface area contributed by atoms with Gasteiger partial charge in [-0.25, -0.2) is 4.79 Å². The summed E-state index contributed by atoms with van der Waals surface area (Å²) in [6, 6.07) is 7.97. The lowest BCUT2D eigenvalue weighted by atomic mass is 9.91. The van der Waals surface area contributed by atoms with E-state index in [0.29, 0.717) is 18.6 Å². The number of nitrogens with zero attached hydrogens (tertiary/aromatic N) is 1. The summed E-state index contributed by atoms with van der Waals surface area (Å²) in [5.41, 5.74) is 3.73. The van der Waals surface area contributed by atoms with Gasteiger partial charge in [0, 0.05) is 31.0 Å². The van der Waals surface area contributed by atoms with E-state index >= 15 is 0 Å². The quantitative estimate of drug-likeness (QED) is 0.802. The number of carbonyl (C=O) groups is 2. The van der Waals surface area contributed by atoms with Crippen LogP contribution in [0.5, 0.6) is 0 Å². The van der Waals surface area contributed by atoms with Crippen LogP contribution in [0.25, 0.3) is 5.57 Å². The molecule has 23 heavy (non-hydrogen) atoms. The predicted octanol–water partition coefficient (Wildman–Crippen LogP) is 3.13. The molecule has 1 aliphatic carbocycles. The number of likely N-dealkylation sites (tertiary alicyclic amines) is 1. The van der Waals surface area contributed by atoms with E-state index in [0.717, 1.165) is 42.6 Å². The van der Waals surface area contributed by atoms with Crippen molar-refractivity contribution in [1.82, 2.24) is 4.90 Å². The molecule has 1 amide bonds. The van der Waals surface area contributed by atoms with E-state index in [1.54, 1.807) is 6.92 Å². The Bertz CT molecular complexity index is 656. The summed E-state index contributed by atoms with van der Waals surface area (Å²) in [5, 5.41) is 0. The van der Waals surface area contributed by atoms with Gasteiger partial charge in [-0.2, -0.15) is 0 Å². The summed E-state index contributed by atoms with van der Waals surface area (Å²) < 4.78 is 5.24. The molecule has 1 saturated heterocycles. The first kappa shape index (κ1) is 15.8. The van der Waals surface area contributed by atoms with Crippen LogP contribution in [0.15, 0.2) is 29.8 Å². The van der Waals surface area contributed by atoms with Crippen molar-refractivity contribution in [1.29, 1.82) is 0 Å². The van der Waals surface area contributed by atoms with Crippen LogP contribution in [0.3, 0.4) is 0 Å². The van der Waals surface area contributed by atoms with Crippen molar-refractivity contribution in [2.24, 2.45) is 0 Å². The molecule has 1 aliphatic heterocycles. The van der Waals surface area contributed by atoms with Gasteiger partial charge in [-0.15, -0.1) is 0 Å². The Kier molecular flexibility index (Phi) is 4.51.